The van der Waals surface area contributed by atoms with Crippen LogP contribution in [0.4, 0.5) is 11.4 Å². The maximum atomic E-state index is 11.9. The number of benzene rings is 2. The summed E-state index contributed by atoms with van der Waals surface area (Å²) in [6.45, 7) is 1.88. The molecule has 2 aromatic rings. The highest BCUT2D eigenvalue weighted by Gasteiger charge is 2.04. The zero-order valence-corrected chi connectivity index (χ0v) is 11.7. The van der Waals surface area contributed by atoms with Gasteiger partial charge >= 0.3 is 0 Å². The standard InChI is InChI=1S/C16H17N3O2/c1-11(20)19-15-8-2-12(3-9-15)10-18-16(21)13-4-6-14(17)7-5-13/h2-9H,10,17H2,1H3,(H,18,21)(H,19,20). The molecule has 0 aliphatic heterocycles. The Morgan fingerprint density at radius 2 is 1.62 bits per heavy atom. The molecule has 0 saturated carbocycles. The van der Waals surface area contributed by atoms with Crippen molar-refractivity contribution < 1.29 is 9.59 Å². The molecule has 0 aliphatic carbocycles. The van der Waals surface area contributed by atoms with Crippen molar-refractivity contribution >= 4 is 23.2 Å². The molecular weight excluding hydrogens is 266 g/mol. The van der Waals surface area contributed by atoms with E-state index in [2.05, 4.69) is 10.6 Å². The van der Waals surface area contributed by atoms with Crippen LogP contribution in [0.25, 0.3) is 0 Å². The first kappa shape index (κ1) is 14.6. The highest BCUT2D eigenvalue weighted by atomic mass is 16.2. The van der Waals surface area contributed by atoms with E-state index < -0.39 is 0 Å². The monoisotopic (exact) mass is 283 g/mol. The summed E-state index contributed by atoms with van der Waals surface area (Å²) < 4.78 is 0. The highest BCUT2D eigenvalue weighted by Crippen LogP contribution is 2.10. The second-order valence-electron chi connectivity index (χ2n) is 4.68. The van der Waals surface area contributed by atoms with Crippen molar-refractivity contribution in [3.05, 3.63) is 59.7 Å². The lowest BCUT2D eigenvalue weighted by atomic mass is 10.1. The van der Waals surface area contributed by atoms with Crippen molar-refractivity contribution in [1.82, 2.24) is 5.32 Å². The van der Waals surface area contributed by atoms with E-state index in [9.17, 15) is 9.59 Å². The first-order valence-electron chi connectivity index (χ1n) is 6.55. The van der Waals surface area contributed by atoms with Crippen LogP contribution in [0, 0.1) is 0 Å². The van der Waals surface area contributed by atoms with Crippen molar-refractivity contribution in [2.75, 3.05) is 11.1 Å². The van der Waals surface area contributed by atoms with Gasteiger partial charge in [-0.3, -0.25) is 9.59 Å². The van der Waals surface area contributed by atoms with Crippen LogP contribution >= 0.6 is 0 Å². The Bertz CT molecular complexity index is 634. The third-order valence-electron chi connectivity index (χ3n) is 2.90. The molecule has 0 saturated heterocycles. The fourth-order valence-electron chi connectivity index (χ4n) is 1.83. The molecule has 2 rings (SSSR count). The van der Waals surface area contributed by atoms with E-state index in [0.717, 1.165) is 11.3 Å². The fraction of sp³-hybridized carbons (Fsp3) is 0.125. The third kappa shape index (κ3) is 4.35. The van der Waals surface area contributed by atoms with E-state index in [-0.39, 0.29) is 11.8 Å². The van der Waals surface area contributed by atoms with Gasteiger partial charge in [0.15, 0.2) is 0 Å². The molecule has 0 spiro atoms. The Balaban J connectivity index is 1.92. The maximum Gasteiger partial charge on any atom is 0.251 e. The van der Waals surface area contributed by atoms with Crippen molar-refractivity contribution in [2.45, 2.75) is 13.5 Å². The van der Waals surface area contributed by atoms with Crippen LogP contribution < -0.4 is 16.4 Å². The van der Waals surface area contributed by atoms with Gasteiger partial charge in [-0.05, 0) is 42.0 Å². The molecule has 108 valence electrons. The Morgan fingerprint density at radius 3 is 2.19 bits per heavy atom. The minimum atomic E-state index is -0.152. The zero-order chi connectivity index (χ0) is 15.2. The average molecular weight is 283 g/mol. The van der Waals surface area contributed by atoms with Crippen LogP contribution in [-0.4, -0.2) is 11.8 Å². The van der Waals surface area contributed by atoms with Crippen LogP contribution in [-0.2, 0) is 11.3 Å². The summed E-state index contributed by atoms with van der Waals surface area (Å²) in [6, 6.07) is 14.1. The van der Waals surface area contributed by atoms with Gasteiger partial charge < -0.3 is 16.4 Å². The molecule has 0 fully saturated rings. The molecule has 2 amide bonds. The number of carbonyl (C=O) groups excluding carboxylic acids is 2. The Morgan fingerprint density at radius 1 is 1.00 bits per heavy atom. The molecule has 2 aromatic carbocycles. The van der Waals surface area contributed by atoms with E-state index >= 15 is 0 Å². The van der Waals surface area contributed by atoms with Crippen LogP contribution in [0.1, 0.15) is 22.8 Å². The van der Waals surface area contributed by atoms with Crippen molar-refractivity contribution in [1.29, 1.82) is 0 Å². The van der Waals surface area contributed by atoms with E-state index in [1.165, 1.54) is 6.92 Å². The van der Waals surface area contributed by atoms with Gasteiger partial charge in [0, 0.05) is 30.4 Å². The number of hydrogen-bond donors (Lipinski definition) is 3. The van der Waals surface area contributed by atoms with E-state index in [4.69, 9.17) is 5.73 Å². The number of carbonyl (C=O) groups is 2. The molecule has 0 unspecified atom stereocenters. The molecular formula is C16H17N3O2. The minimum absolute atomic E-state index is 0.112. The zero-order valence-electron chi connectivity index (χ0n) is 11.7. The Labute approximate surface area is 123 Å². The number of nitrogen functional groups attached to an aromatic ring is 1. The van der Waals surface area contributed by atoms with Gasteiger partial charge in [-0.15, -0.1) is 0 Å². The summed E-state index contributed by atoms with van der Waals surface area (Å²) in [5, 5.41) is 5.52. The largest absolute Gasteiger partial charge is 0.399 e. The lowest BCUT2D eigenvalue weighted by molar-refractivity contribution is -0.114. The number of hydrogen-bond acceptors (Lipinski definition) is 3. The first-order chi connectivity index (χ1) is 10.0. The van der Waals surface area contributed by atoms with Crippen molar-refractivity contribution in [2.24, 2.45) is 0 Å². The smallest absolute Gasteiger partial charge is 0.251 e. The van der Waals surface area contributed by atoms with Crippen molar-refractivity contribution in [3.8, 4) is 0 Å². The molecule has 0 radical (unpaired) electrons. The topological polar surface area (TPSA) is 84.2 Å². The minimum Gasteiger partial charge on any atom is -0.399 e. The number of nitrogens with two attached hydrogens (primary N) is 1. The number of amides is 2. The van der Waals surface area contributed by atoms with Gasteiger partial charge in [0.1, 0.15) is 0 Å². The molecule has 5 nitrogen and oxygen atoms in total. The summed E-state index contributed by atoms with van der Waals surface area (Å²) in [5.41, 5.74) is 8.46. The summed E-state index contributed by atoms with van der Waals surface area (Å²) in [4.78, 5) is 22.8. The number of rotatable bonds is 4. The van der Waals surface area contributed by atoms with Gasteiger partial charge in [0.25, 0.3) is 5.91 Å². The summed E-state index contributed by atoms with van der Waals surface area (Å²) in [6.07, 6.45) is 0. The molecule has 21 heavy (non-hydrogen) atoms. The van der Waals surface area contributed by atoms with E-state index in [1.807, 2.05) is 12.1 Å². The predicted molar refractivity (Wildman–Crippen MR) is 82.8 cm³/mol. The third-order valence-corrected chi connectivity index (χ3v) is 2.90. The van der Waals surface area contributed by atoms with Gasteiger partial charge in [-0.1, -0.05) is 12.1 Å². The SMILES string of the molecule is CC(=O)Nc1ccc(CNC(=O)c2ccc(N)cc2)cc1. The molecule has 0 bridgehead atoms. The Hall–Kier alpha value is -2.82. The summed E-state index contributed by atoms with van der Waals surface area (Å²) >= 11 is 0. The molecule has 0 aliphatic rings. The molecule has 0 aromatic heterocycles. The molecule has 0 atom stereocenters. The predicted octanol–water partition coefficient (Wildman–Crippen LogP) is 2.16. The maximum absolute atomic E-state index is 11.9. The summed E-state index contributed by atoms with van der Waals surface area (Å²) in [7, 11) is 0. The van der Waals surface area contributed by atoms with Gasteiger partial charge in [-0.25, -0.2) is 0 Å². The van der Waals surface area contributed by atoms with Gasteiger partial charge in [-0.2, -0.15) is 0 Å². The normalized spacial score (nSPS) is 9.95. The molecule has 0 heterocycles. The van der Waals surface area contributed by atoms with E-state index in [1.54, 1.807) is 36.4 Å². The first-order valence-corrected chi connectivity index (χ1v) is 6.55. The second-order valence-corrected chi connectivity index (χ2v) is 4.68. The molecule has 4 N–H and O–H groups in total. The van der Waals surface area contributed by atoms with Gasteiger partial charge in [0.2, 0.25) is 5.91 Å². The summed E-state index contributed by atoms with van der Waals surface area (Å²) in [5.74, 6) is -0.264. The lowest BCUT2D eigenvalue weighted by Gasteiger charge is -2.07. The highest BCUT2D eigenvalue weighted by molar-refractivity contribution is 5.94. The van der Waals surface area contributed by atoms with Gasteiger partial charge in [0.05, 0.1) is 0 Å². The fourth-order valence-corrected chi connectivity index (χ4v) is 1.83. The average Bonchev–Trinajstić information content (AvgIpc) is 2.46. The molecule has 5 heteroatoms. The van der Waals surface area contributed by atoms with Crippen LogP contribution in [0.3, 0.4) is 0 Å². The quantitative estimate of drug-likeness (QED) is 0.752. The van der Waals surface area contributed by atoms with Crippen molar-refractivity contribution in [3.63, 3.8) is 0 Å². The second kappa shape index (κ2) is 6.56. The van der Waals surface area contributed by atoms with Crippen LogP contribution in [0.5, 0.6) is 0 Å². The van der Waals surface area contributed by atoms with E-state index in [0.29, 0.717) is 17.8 Å². The van der Waals surface area contributed by atoms with Crippen LogP contribution in [0.2, 0.25) is 0 Å². The van der Waals surface area contributed by atoms with Crippen LogP contribution in [0.15, 0.2) is 48.5 Å². The number of nitrogens with one attached hydrogen (secondary N) is 2. The number of anilines is 2. The lowest BCUT2D eigenvalue weighted by Crippen LogP contribution is -2.22. The Kier molecular flexibility index (Phi) is 4.56.